The van der Waals surface area contributed by atoms with Gasteiger partial charge in [-0.25, -0.2) is 0 Å². The van der Waals surface area contributed by atoms with Gasteiger partial charge in [0.1, 0.15) is 0 Å². The first-order valence-corrected chi connectivity index (χ1v) is 9.57. The Labute approximate surface area is 176 Å². The number of carbonyl (C=O) groups is 1. The van der Waals surface area contributed by atoms with Crippen LogP contribution in [0.5, 0.6) is 0 Å². The summed E-state index contributed by atoms with van der Waals surface area (Å²) in [6.07, 6.45) is 1.80. The van der Waals surface area contributed by atoms with Crippen LogP contribution in [0.1, 0.15) is 41.6 Å². The maximum atomic E-state index is 12.9. The summed E-state index contributed by atoms with van der Waals surface area (Å²) >= 11 is 0. The minimum absolute atomic E-state index is 0. The van der Waals surface area contributed by atoms with Crippen molar-refractivity contribution < 1.29 is 9.32 Å². The monoisotopic (exact) mass is 412 g/mol. The zero-order valence-electron chi connectivity index (χ0n) is 16.4. The second-order valence-corrected chi connectivity index (χ2v) is 7.58. The number of hydrogen-bond acceptors (Lipinski definition) is 5. The fourth-order valence-electron chi connectivity index (χ4n) is 3.73. The van der Waals surface area contributed by atoms with Crippen molar-refractivity contribution in [3.8, 4) is 11.4 Å². The van der Waals surface area contributed by atoms with Crippen LogP contribution in [0, 0.1) is 0 Å². The van der Waals surface area contributed by atoms with E-state index in [0.29, 0.717) is 30.4 Å². The van der Waals surface area contributed by atoms with Gasteiger partial charge in [-0.15, -0.1) is 12.4 Å². The number of benzene rings is 2. The number of amides is 1. The van der Waals surface area contributed by atoms with Crippen LogP contribution in [-0.4, -0.2) is 34.0 Å². The van der Waals surface area contributed by atoms with Crippen molar-refractivity contribution in [2.75, 3.05) is 13.1 Å². The number of halogens is 1. The lowest BCUT2D eigenvalue weighted by molar-refractivity contribution is 0.0620. The van der Waals surface area contributed by atoms with E-state index < -0.39 is 0 Å². The van der Waals surface area contributed by atoms with Gasteiger partial charge < -0.3 is 15.2 Å². The molecule has 0 aliphatic carbocycles. The van der Waals surface area contributed by atoms with Gasteiger partial charge in [0.2, 0.25) is 11.7 Å². The van der Waals surface area contributed by atoms with E-state index in [0.717, 1.165) is 30.5 Å². The molecule has 6 nitrogen and oxygen atoms in total. The maximum Gasteiger partial charge on any atom is 0.253 e. The molecule has 0 saturated carbocycles. The number of piperidine rings is 1. The van der Waals surface area contributed by atoms with Crippen LogP contribution in [0.2, 0.25) is 0 Å². The predicted octanol–water partition coefficient (Wildman–Crippen LogP) is 3.81. The van der Waals surface area contributed by atoms with E-state index in [1.165, 1.54) is 0 Å². The Kier molecular flexibility index (Phi) is 6.35. The number of carbonyl (C=O) groups excluding carboxylic acids is 1. The molecule has 29 heavy (non-hydrogen) atoms. The first kappa shape index (κ1) is 21.0. The molecule has 1 aliphatic rings. The van der Waals surface area contributed by atoms with E-state index >= 15 is 0 Å². The third-order valence-electron chi connectivity index (χ3n) is 5.39. The molecular weight excluding hydrogens is 388 g/mol. The molecule has 1 amide bonds. The Hall–Kier alpha value is -2.70. The Morgan fingerprint density at radius 2 is 1.90 bits per heavy atom. The Morgan fingerprint density at radius 3 is 2.59 bits per heavy atom. The average Bonchev–Trinajstić information content (AvgIpc) is 3.25. The predicted molar refractivity (Wildman–Crippen MR) is 114 cm³/mol. The van der Waals surface area contributed by atoms with Crippen LogP contribution in [-0.2, 0) is 12.0 Å². The lowest BCUT2D eigenvalue weighted by Gasteiger charge is -2.38. The van der Waals surface area contributed by atoms with Crippen molar-refractivity contribution in [3.63, 3.8) is 0 Å². The van der Waals surface area contributed by atoms with Crippen LogP contribution in [0.4, 0.5) is 0 Å². The summed E-state index contributed by atoms with van der Waals surface area (Å²) < 4.78 is 5.63. The number of rotatable bonds is 4. The van der Waals surface area contributed by atoms with Crippen molar-refractivity contribution in [2.24, 2.45) is 5.73 Å². The molecule has 152 valence electrons. The number of aromatic nitrogens is 2. The van der Waals surface area contributed by atoms with Crippen LogP contribution in [0.25, 0.3) is 11.4 Å². The van der Waals surface area contributed by atoms with Crippen LogP contribution < -0.4 is 5.73 Å². The summed E-state index contributed by atoms with van der Waals surface area (Å²) in [4.78, 5) is 19.4. The van der Waals surface area contributed by atoms with Gasteiger partial charge in [-0.3, -0.25) is 4.79 Å². The maximum absolute atomic E-state index is 12.9. The summed E-state index contributed by atoms with van der Waals surface area (Å²) in [6.45, 7) is 3.90. The van der Waals surface area contributed by atoms with Crippen molar-refractivity contribution in [3.05, 3.63) is 71.6 Å². The number of likely N-dealkylation sites (tertiary alicyclic amines) is 1. The average molecular weight is 413 g/mol. The summed E-state index contributed by atoms with van der Waals surface area (Å²) in [5.74, 6) is 1.19. The zero-order valence-corrected chi connectivity index (χ0v) is 17.2. The first-order chi connectivity index (χ1) is 13.6. The minimum atomic E-state index is -0.356. The van der Waals surface area contributed by atoms with Gasteiger partial charge in [0.25, 0.3) is 5.91 Å². The highest BCUT2D eigenvalue weighted by Crippen LogP contribution is 2.34. The van der Waals surface area contributed by atoms with E-state index in [9.17, 15) is 4.79 Å². The molecule has 0 radical (unpaired) electrons. The normalized spacial score (nSPS) is 18.9. The molecule has 1 aromatic heterocycles. The Balaban J connectivity index is 0.00000240. The van der Waals surface area contributed by atoms with Gasteiger partial charge in [-0.1, -0.05) is 47.6 Å². The van der Waals surface area contributed by atoms with E-state index in [-0.39, 0.29) is 23.7 Å². The van der Waals surface area contributed by atoms with E-state index in [2.05, 4.69) is 17.1 Å². The fraction of sp³-hybridized carbons (Fsp3) is 0.318. The molecule has 1 atom stereocenters. The van der Waals surface area contributed by atoms with Crippen molar-refractivity contribution in [2.45, 2.75) is 31.7 Å². The largest absolute Gasteiger partial charge is 0.338 e. The quantitative estimate of drug-likeness (QED) is 0.704. The lowest BCUT2D eigenvalue weighted by atomic mass is 9.81. The summed E-state index contributed by atoms with van der Waals surface area (Å²) in [5.41, 5.74) is 7.96. The number of hydrogen-bond donors (Lipinski definition) is 1. The first-order valence-electron chi connectivity index (χ1n) is 9.57. The summed E-state index contributed by atoms with van der Waals surface area (Å²) in [6, 6.07) is 17.2. The smallest absolute Gasteiger partial charge is 0.253 e. The van der Waals surface area contributed by atoms with Gasteiger partial charge in [-0.2, -0.15) is 4.98 Å². The van der Waals surface area contributed by atoms with Gasteiger partial charge in [-0.05, 0) is 37.5 Å². The molecule has 2 aromatic carbocycles. The molecule has 2 heterocycles. The molecule has 0 bridgehead atoms. The zero-order chi connectivity index (χ0) is 19.6. The van der Waals surface area contributed by atoms with Crippen molar-refractivity contribution in [1.29, 1.82) is 0 Å². The van der Waals surface area contributed by atoms with Crippen LogP contribution in [0.15, 0.2) is 59.1 Å². The van der Waals surface area contributed by atoms with E-state index in [4.69, 9.17) is 10.3 Å². The highest BCUT2D eigenvalue weighted by atomic mass is 35.5. The molecular formula is C22H25ClN4O2. The highest BCUT2D eigenvalue weighted by molar-refractivity contribution is 5.94. The van der Waals surface area contributed by atoms with Gasteiger partial charge in [0.05, 0.1) is 5.41 Å². The van der Waals surface area contributed by atoms with Crippen molar-refractivity contribution in [1.82, 2.24) is 15.0 Å². The van der Waals surface area contributed by atoms with Crippen molar-refractivity contribution >= 4 is 18.3 Å². The van der Waals surface area contributed by atoms with Crippen LogP contribution in [0.3, 0.4) is 0 Å². The third kappa shape index (κ3) is 4.33. The molecule has 1 unspecified atom stereocenters. The molecule has 2 N–H and O–H groups in total. The van der Waals surface area contributed by atoms with Gasteiger partial charge in [0.15, 0.2) is 0 Å². The lowest BCUT2D eigenvalue weighted by Crippen LogP contribution is -2.47. The third-order valence-corrected chi connectivity index (χ3v) is 5.39. The molecule has 1 aliphatic heterocycles. The molecule has 7 heteroatoms. The number of nitrogens with zero attached hydrogens (tertiary/aromatic N) is 3. The molecule has 3 aromatic rings. The van der Waals surface area contributed by atoms with E-state index in [1.54, 1.807) is 0 Å². The SMILES string of the molecule is CC1(c2nc(-c3ccc(CN)cc3)no2)CCCN(C(=O)c2ccccc2)C1.Cl. The standard InChI is InChI=1S/C22H24N4O2.ClH/c1-22(12-5-13-26(15-22)20(27)18-6-3-2-4-7-18)21-24-19(25-28-21)17-10-8-16(14-23)9-11-17;/h2-4,6-11H,5,12-15,23H2,1H3;1H. The highest BCUT2D eigenvalue weighted by Gasteiger charge is 2.39. The second kappa shape index (κ2) is 8.76. The minimum Gasteiger partial charge on any atom is -0.338 e. The Morgan fingerprint density at radius 1 is 1.17 bits per heavy atom. The molecule has 1 fully saturated rings. The van der Waals surface area contributed by atoms with Gasteiger partial charge >= 0.3 is 0 Å². The van der Waals surface area contributed by atoms with E-state index in [1.807, 2.05) is 59.5 Å². The molecule has 0 spiro atoms. The van der Waals surface area contributed by atoms with Crippen LogP contribution >= 0.6 is 12.4 Å². The summed E-state index contributed by atoms with van der Waals surface area (Å²) in [5, 5.41) is 4.17. The fourth-order valence-corrected chi connectivity index (χ4v) is 3.73. The summed E-state index contributed by atoms with van der Waals surface area (Å²) in [7, 11) is 0. The molecule has 1 saturated heterocycles. The number of nitrogens with two attached hydrogens (primary N) is 1. The second-order valence-electron chi connectivity index (χ2n) is 7.58. The molecule has 4 rings (SSSR count). The topological polar surface area (TPSA) is 85.2 Å². The Bertz CT molecular complexity index is 958. The van der Waals surface area contributed by atoms with Gasteiger partial charge in [0, 0.05) is 30.8 Å².